The van der Waals surface area contributed by atoms with Crippen LogP contribution < -0.4 is 53.2 Å². The molecule has 25 heteroatoms. The van der Waals surface area contributed by atoms with Crippen LogP contribution in [0.5, 0.6) is 0 Å². The number of thioether (sulfide) groups is 2. The average Bonchev–Trinajstić information content (AvgIpc) is 4.16. The number of hydrogen-bond acceptors (Lipinski definition) is 13. The SMILES string of the molecule is C=C1NC2CC(CCCCC(=O)NC(Cc3ccc(N=[N+]=[N-])cc3)C(=O)NCCCCC(=O)NCC)SC2N1.CNC(=O)CCCCNC(=O)C(Cc1ccc(N=[N+]=[N-])cc1)NC(=O)CCCCC1CC2NC(=O)NC2S1. The summed E-state index contributed by atoms with van der Waals surface area (Å²) in [6.07, 6.45) is 12.2. The number of nitrogens with one attached hydrogen (secondary N) is 10. The normalized spacial score (nSPS) is 20.2. The summed E-state index contributed by atoms with van der Waals surface area (Å²) in [5.41, 5.74) is 19.8. The van der Waals surface area contributed by atoms with E-state index >= 15 is 0 Å². The summed E-state index contributed by atoms with van der Waals surface area (Å²) < 4.78 is 0. The highest BCUT2D eigenvalue weighted by Gasteiger charge is 2.41. The van der Waals surface area contributed by atoms with Crippen LogP contribution in [0.3, 0.4) is 0 Å². The van der Waals surface area contributed by atoms with Crippen molar-refractivity contribution < 1.29 is 33.6 Å². The van der Waals surface area contributed by atoms with E-state index in [1.807, 2.05) is 18.7 Å². The fraction of sp³-hybridized carbons (Fsp3) is 0.596. The topological polar surface area (TPSA) is 337 Å². The first-order valence-electron chi connectivity index (χ1n) is 26.7. The lowest BCUT2D eigenvalue weighted by Gasteiger charge is -2.19. The number of unbranched alkanes of at least 4 members (excludes halogenated alkanes) is 4. The number of nitrogens with zero attached hydrogens (tertiary/aromatic N) is 6. The molecule has 8 unspecified atom stereocenters. The summed E-state index contributed by atoms with van der Waals surface area (Å²) in [7, 11) is 1.59. The van der Waals surface area contributed by atoms with E-state index in [9.17, 15) is 33.6 Å². The molecule has 4 heterocycles. The first kappa shape index (κ1) is 61.0. The van der Waals surface area contributed by atoms with Crippen LogP contribution in [-0.2, 0) is 41.6 Å². The molecule has 4 aliphatic heterocycles. The van der Waals surface area contributed by atoms with E-state index in [2.05, 4.69) is 79.8 Å². The van der Waals surface area contributed by atoms with E-state index in [1.165, 1.54) is 0 Å². The molecule has 77 heavy (non-hydrogen) atoms. The second-order valence-electron chi connectivity index (χ2n) is 19.4. The lowest BCUT2D eigenvalue weighted by atomic mass is 10.0. The molecule has 0 radical (unpaired) electrons. The van der Waals surface area contributed by atoms with Gasteiger partial charge in [0, 0.05) is 96.9 Å². The van der Waals surface area contributed by atoms with Gasteiger partial charge in [0.1, 0.15) is 12.1 Å². The maximum absolute atomic E-state index is 13.0. The number of carbonyl (C=O) groups is 7. The van der Waals surface area contributed by atoms with Crippen molar-refractivity contribution in [1.82, 2.24) is 53.2 Å². The van der Waals surface area contributed by atoms with Crippen LogP contribution in [0.25, 0.3) is 20.9 Å². The number of amides is 8. The molecule has 2 aromatic rings. The zero-order valence-corrected chi connectivity index (χ0v) is 45.8. The predicted octanol–water partition coefficient (Wildman–Crippen LogP) is 6.26. The lowest BCUT2D eigenvalue weighted by molar-refractivity contribution is -0.129. The lowest BCUT2D eigenvalue weighted by Crippen LogP contribution is -2.48. The van der Waals surface area contributed by atoms with E-state index in [1.54, 1.807) is 67.3 Å². The Morgan fingerprint density at radius 2 is 1.05 bits per heavy atom. The summed E-state index contributed by atoms with van der Waals surface area (Å²) in [4.78, 5) is 91.2. The minimum Gasteiger partial charge on any atom is -0.367 e. The fourth-order valence-corrected chi connectivity index (χ4v) is 12.6. The molecule has 10 N–H and O–H groups in total. The Morgan fingerprint density at radius 1 is 0.610 bits per heavy atom. The standard InChI is InChI=1S/C27H40N8O3S.C25H36N8O4S/c1-3-29-24(36)9-6-7-15-30-26(38)22(16-19-11-13-20(14-12-19)34-35-28)33-25(37)10-5-4-8-21-17-23-27(39-21)32-18(2)31-23;1-27-21(34)7-4-5-13-28-23(36)19(14-16-9-11-17(12-10-16)32-33-26)29-22(35)8-3-2-6-18-15-20-24(38-18)31-25(37)30-20/h11-14,21-23,27,31-32H,2-10,15-17H2,1H3,(H,29,36)(H,30,38)(H,33,37);9-12,18-20,24H,2-8,13-15H2,1H3,(H,27,34)(H,28,36)(H,29,35)(H2,30,31,37). The summed E-state index contributed by atoms with van der Waals surface area (Å²) in [5.74, 6) is 0.0113. The zero-order chi connectivity index (χ0) is 55.4. The zero-order valence-electron chi connectivity index (χ0n) is 44.2. The minimum absolute atomic E-state index is 0.00626. The third kappa shape index (κ3) is 22.4. The van der Waals surface area contributed by atoms with Crippen LogP contribution in [0.4, 0.5) is 16.2 Å². The molecule has 0 aromatic heterocycles. The smallest absolute Gasteiger partial charge is 0.316 e. The van der Waals surface area contributed by atoms with Crippen molar-refractivity contribution in [3.8, 4) is 0 Å². The number of urea groups is 1. The van der Waals surface area contributed by atoms with Crippen molar-refractivity contribution in [2.75, 3.05) is 26.7 Å². The van der Waals surface area contributed by atoms with Crippen LogP contribution in [0.2, 0.25) is 0 Å². The first-order valence-corrected chi connectivity index (χ1v) is 28.6. The third-order valence-electron chi connectivity index (χ3n) is 13.4. The second-order valence-corrected chi connectivity index (χ2v) is 22.3. The van der Waals surface area contributed by atoms with Gasteiger partial charge in [0.2, 0.25) is 35.4 Å². The van der Waals surface area contributed by atoms with Crippen molar-refractivity contribution in [2.45, 2.75) is 168 Å². The Balaban J connectivity index is 0.000000284. The van der Waals surface area contributed by atoms with Crippen LogP contribution in [0, 0.1) is 0 Å². The molecule has 0 saturated carbocycles. The van der Waals surface area contributed by atoms with Gasteiger partial charge >= 0.3 is 6.03 Å². The van der Waals surface area contributed by atoms with Gasteiger partial charge in [-0.3, -0.25) is 28.8 Å². The van der Waals surface area contributed by atoms with Crippen LogP contribution in [-0.4, -0.2) is 114 Å². The molecule has 2 aromatic carbocycles. The van der Waals surface area contributed by atoms with E-state index in [0.29, 0.717) is 124 Å². The molecule has 418 valence electrons. The quantitative estimate of drug-likeness (QED) is 0.0174. The molecule has 4 saturated heterocycles. The van der Waals surface area contributed by atoms with Gasteiger partial charge in [-0.1, -0.05) is 78.2 Å². The van der Waals surface area contributed by atoms with Gasteiger partial charge in [-0.05, 0) is 93.3 Å². The number of rotatable bonds is 31. The number of hydrogen-bond donors (Lipinski definition) is 10. The molecule has 0 aliphatic carbocycles. The second kappa shape index (κ2) is 33.4. The largest absolute Gasteiger partial charge is 0.367 e. The average molecular weight is 1100 g/mol. The van der Waals surface area contributed by atoms with Gasteiger partial charge in [0.25, 0.3) is 0 Å². The van der Waals surface area contributed by atoms with Crippen molar-refractivity contribution >= 4 is 76.4 Å². The molecule has 23 nitrogen and oxygen atoms in total. The van der Waals surface area contributed by atoms with E-state index in [4.69, 9.17) is 11.1 Å². The highest BCUT2D eigenvalue weighted by Crippen LogP contribution is 2.39. The van der Waals surface area contributed by atoms with E-state index < -0.39 is 12.1 Å². The molecule has 0 spiro atoms. The fourth-order valence-electron chi connectivity index (χ4n) is 9.36. The number of fused-ring (bicyclic) bond motifs is 2. The molecule has 6 rings (SSSR count). The third-order valence-corrected chi connectivity index (χ3v) is 16.5. The maximum atomic E-state index is 13.0. The van der Waals surface area contributed by atoms with Crippen LogP contribution >= 0.6 is 23.5 Å². The molecular weight excluding hydrogens is 1020 g/mol. The molecule has 4 aliphatic rings. The van der Waals surface area contributed by atoms with Gasteiger partial charge < -0.3 is 53.2 Å². The maximum Gasteiger partial charge on any atom is 0.316 e. The number of benzene rings is 2. The summed E-state index contributed by atoms with van der Waals surface area (Å²) in [5, 5.41) is 38.2. The Hall–Kier alpha value is -6.81. The number of carbonyl (C=O) groups excluding carboxylic acids is 7. The molecule has 8 atom stereocenters. The Kier molecular flexibility index (Phi) is 26.5. The van der Waals surface area contributed by atoms with Gasteiger partial charge in [-0.15, -0.1) is 23.5 Å². The van der Waals surface area contributed by atoms with Crippen LogP contribution in [0.15, 0.2) is 71.2 Å². The monoisotopic (exact) mass is 1100 g/mol. The molecule has 8 amide bonds. The van der Waals surface area contributed by atoms with Crippen molar-refractivity contribution in [2.24, 2.45) is 10.2 Å². The van der Waals surface area contributed by atoms with Gasteiger partial charge in [0.05, 0.1) is 28.7 Å². The Morgan fingerprint density at radius 3 is 1.49 bits per heavy atom. The molecule has 4 fully saturated rings. The van der Waals surface area contributed by atoms with Gasteiger partial charge in [-0.25, -0.2) is 4.79 Å². The summed E-state index contributed by atoms with van der Waals surface area (Å²) >= 11 is 3.72. The van der Waals surface area contributed by atoms with E-state index in [-0.39, 0.29) is 52.9 Å². The highest BCUT2D eigenvalue weighted by atomic mass is 32.2. The molecular formula is C52H76N16O7S2. The Bertz CT molecular complexity index is 2370. The van der Waals surface area contributed by atoms with E-state index in [0.717, 1.165) is 61.9 Å². The predicted molar refractivity (Wildman–Crippen MR) is 299 cm³/mol. The van der Waals surface area contributed by atoms with Gasteiger partial charge in [0.15, 0.2) is 0 Å². The van der Waals surface area contributed by atoms with Crippen molar-refractivity contribution in [3.05, 3.63) is 92.9 Å². The summed E-state index contributed by atoms with van der Waals surface area (Å²) in [6.45, 7) is 7.25. The van der Waals surface area contributed by atoms with Crippen molar-refractivity contribution in [3.63, 3.8) is 0 Å². The van der Waals surface area contributed by atoms with Crippen molar-refractivity contribution in [1.29, 1.82) is 0 Å². The summed E-state index contributed by atoms with van der Waals surface area (Å²) in [6, 6.07) is 12.9. The Labute approximate surface area is 459 Å². The van der Waals surface area contributed by atoms with Crippen LogP contribution in [0.1, 0.15) is 121 Å². The minimum atomic E-state index is -0.744. The highest BCUT2D eigenvalue weighted by molar-refractivity contribution is 8.01. The van der Waals surface area contributed by atoms with Gasteiger partial charge in [-0.2, -0.15) is 0 Å². The number of azide groups is 2. The first-order chi connectivity index (χ1) is 37.2. The molecule has 0 bridgehead atoms.